The van der Waals surface area contributed by atoms with Crippen LogP contribution in [0.3, 0.4) is 0 Å². The summed E-state index contributed by atoms with van der Waals surface area (Å²) in [4.78, 5) is 49.3. The summed E-state index contributed by atoms with van der Waals surface area (Å²) in [5, 5.41) is 7.37. The Labute approximate surface area is 174 Å². The number of carbonyl (C=O) groups is 4. The van der Waals surface area contributed by atoms with E-state index >= 15 is 0 Å². The molecule has 30 heavy (non-hydrogen) atoms. The number of carbonyl (C=O) groups excluding carboxylic acids is 4. The molecular formula is C20H9ClN2O6S. The lowest BCUT2D eigenvalue weighted by Gasteiger charge is -2.14. The van der Waals surface area contributed by atoms with Crippen molar-refractivity contribution in [1.29, 1.82) is 0 Å². The van der Waals surface area contributed by atoms with E-state index in [1.54, 1.807) is 12.1 Å². The van der Waals surface area contributed by atoms with E-state index < -0.39 is 42.8 Å². The van der Waals surface area contributed by atoms with Crippen molar-refractivity contribution in [2.75, 3.05) is 0 Å². The summed E-state index contributed by atoms with van der Waals surface area (Å²) in [7, 11) is 1.08. The van der Waals surface area contributed by atoms with Crippen molar-refractivity contribution in [3.8, 4) is 0 Å². The highest BCUT2D eigenvalue weighted by Crippen LogP contribution is 2.30. The molecule has 0 unspecified atom stereocenters. The van der Waals surface area contributed by atoms with E-state index in [-0.39, 0.29) is 28.0 Å². The molecule has 0 N–H and O–H groups in total. The molecule has 2 aliphatic carbocycles. The van der Waals surface area contributed by atoms with Gasteiger partial charge in [0.2, 0.25) is 11.6 Å². The molecule has 0 aliphatic heterocycles. The van der Waals surface area contributed by atoms with E-state index in [9.17, 15) is 27.6 Å². The van der Waals surface area contributed by atoms with Crippen molar-refractivity contribution in [1.82, 2.24) is 0 Å². The first-order chi connectivity index (χ1) is 14.2. The fourth-order valence-electron chi connectivity index (χ4n) is 3.14. The normalized spacial score (nSPS) is 16.3. The lowest BCUT2D eigenvalue weighted by molar-refractivity contribution is 0.0977. The highest BCUT2D eigenvalue weighted by atomic mass is 35.7. The van der Waals surface area contributed by atoms with Gasteiger partial charge in [0.1, 0.15) is 11.4 Å². The molecule has 0 fully saturated rings. The van der Waals surface area contributed by atoms with Crippen LogP contribution < -0.4 is 0 Å². The van der Waals surface area contributed by atoms with Gasteiger partial charge < -0.3 is 0 Å². The number of fused-ring (bicyclic) bond motifs is 2. The topological polar surface area (TPSA) is 127 Å². The van der Waals surface area contributed by atoms with Crippen LogP contribution in [0.5, 0.6) is 0 Å². The molecule has 0 atom stereocenters. The maximum Gasteiger partial charge on any atom is 0.262 e. The average molecular weight is 441 g/mol. The minimum atomic E-state index is -4.26. The number of ketones is 4. The molecule has 10 heteroatoms. The molecule has 0 saturated carbocycles. The second-order valence-corrected chi connectivity index (χ2v) is 8.84. The Morgan fingerprint density at radius 1 is 0.667 bits per heavy atom. The van der Waals surface area contributed by atoms with Gasteiger partial charge in [-0.15, -0.1) is 10.2 Å². The Morgan fingerprint density at radius 2 is 1.20 bits per heavy atom. The lowest BCUT2D eigenvalue weighted by atomic mass is 9.92. The summed E-state index contributed by atoms with van der Waals surface area (Å²) in [5.74, 6) is -2.57. The smallest absolute Gasteiger partial charge is 0.262 e. The van der Waals surface area contributed by atoms with Crippen LogP contribution in [0, 0.1) is 0 Å². The molecule has 2 aliphatic rings. The van der Waals surface area contributed by atoms with Gasteiger partial charge in [0.05, 0.1) is 10.5 Å². The first kappa shape index (κ1) is 19.7. The fraction of sp³-hybridized carbons (Fsp3) is 0. The zero-order chi connectivity index (χ0) is 21.6. The molecule has 0 spiro atoms. The summed E-state index contributed by atoms with van der Waals surface area (Å²) < 4.78 is 23.4. The van der Waals surface area contributed by atoms with Crippen LogP contribution in [-0.4, -0.2) is 31.6 Å². The van der Waals surface area contributed by atoms with Crippen LogP contribution in [0.1, 0.15) is 41.4 Å². The molecule has 148 valence electrons. The third-order valence-electron chi connectivity index (χ3n) is 4.48. The number of rotatable bonds is 3. The molecule has 0 saturated heterocycles. The number of nitrogens with zero attached hydrogens (tertiary/aromatic N) is 2. The van der Waals surface area contributed by atoms with Gasteiger partial charge in [0, 0.05) is 39.5 Å². The first-order valence-corrected chi connectivity index (χ1v) is 10.7. The van der Waals surface area contributed by atoms with Crippen molar-refractivity contribution >= 4 is 42.9 Å². The number of benzene rings is 2. The molecule has 2 aromatic carbocycles. The standard InChI is InChI=1S/C20H9ClN2O6S/c21-30(28,29)17-7-3-6-12-18(17)16(25)9-14(20(12)27)23-22-13-8-15(24)10-4-1-2-5-11(10)19(13)26/h1-9H. The number of halogens is 1. The Kier molecular flexibility index (Phi) is 4.64. The van der Waals surface area contributed by atoms with Crippen LogP contribution in [0.2, 0.25) is 0 Å². The van der Waals surface area contributed by atoms with Gasteiger partial charge in [0.15, 0.2) is 11.6 Å². The first-order valence-electron chi connectivity index (χ1n) is 8.38. The molecular weight excluding hydrogens is 432 g/mol. The minimum Gasteiger partial charge on any atom is -0.289 e. The molecule has 0 heterocycles. The van der Waals surface area contributed by atoms with Gasteiger partial charge in [0.25, 0.3) is 9.05 Å². The molecule has 0 bridgehead atoms. The predicted octanol–water partition coefficient (Wildman–Crippen LogP) is 3.29. The summed E-state index contributed by atoms with van der Waals surface area (Å²) in [6.45, 7) is 0. The van der Waals surface area contributed by atoms with Gasteiger partial charge >= 0.3 is 0 Å². The zero-order valence-electron chi connectivity index (χ0n) is 14.8. The minimum absolute atomic E-state index is 0.154. The number of hydrogen-bond acceptors (Lipinski definition) is 8. The average Bonchev–Trinajstić information content (AvgIpc) is 2.71. The van der Waals surface area contributed by atoms with E-state index in [1.165, 1.54) is 24.3 Å². The maximum absolute atomic E-state index is 12.7. The summed E-state index contributed by atoms with van der Waals surface area (Å²) in [5.41, 5.74) is -0.869. The van der Waals surface area contributed by atoms with Crippen molar-refractivity contribution in [3.05, 3.63) is 88.3 Å². The van der Waals surface area contributed by atoms with E-state index in [0.29, 0.717) is 0 Å². The maximum atomic E-state index is 12.7. The van der Waals surface area contributed by atoms with Crippen LogP contribution >= 0.6 is 10.7 Å². The van der Waals surface area contributed by atoms with Gasteiger partial charge in [-0.3, -0.25) is 19.2 Å². The van der Waals surface area contributed by atoms with Gasteiger partial charge in [-0.05, 0) is 6.07 Å². The summed E-state index contributed by atoms with van der Waals surface area (Å²) >= 11 is 0. The van der Waals surface area contributed by atoms with Crippen LogP contribution in [-0.2, 0) is 9.05 Å². The van der Waals surface area contributed by atoms with E-state index in [2.05, 4.69) is 10.2 Å². The highest BCUT2D eigenvalue weighted by molar-refractivity contribution is 8.13. The van der Waals surface area contributed by atoms with Crippen molar-refractivity contribution in [3.63, 3.8) is 0 Å². The second-order valence-electron chi connectivity index (χ2n) is 6.31. The Bertz CT molecular complexity index is 1390. The number of azo groups is 1. The lowest BCUT2D eigenvalue weighted by Crippen LogP contribution is -2.19. The van der Waals surface area contributed by atoms with Crippen LogP contribution in [0.4, 0.5) is 0 Å². The summed E-state index contributed by atoms with van der Waals surface area (Å²) in [6, 6.07) is 9.82. The molecule has 0 amide bonds. The van der Waals surface area contributed by atoms with Crippen molar-refractivity contribution < 1.29 is 27.6 Å². The third-order valence-corrected chi connectivity index (χ3v) is 5.85. The second kappa shape index (κ2) is 7.05. The molecule has 4 rings (SSSR count). The van der Waals surface area contributed by atoms with Crippen LogP contribution in [0.15, 0.2) is 81.1 Å². The zero-order valence-corrected chi connectivity index (χ0v) is 16.4. The quantitative estimate of drug-likeness (QED) is 0.532. The van der Waals surface area contributed by atoms with Crippen molar-refractivity contribution in [2.24, 2.45) is 10.2 Å². The molecule has 0 aromatic heterocycles. The number of Topliss-reactive ketones (excluding diaryl/α,β-unsaturated/α-hetero) is 2. The van der Waals surface area contributed by atoms with Gasteiger partial charge in [-0.25, -0.2) is 8.42 Å². The Hall–Kier alpha value is -3.56. The highest BCUT2D eigenvalue weighted by Gasteiger charge is 2.32. The van der Waals surface area contributed by atoms with E-state index in [4.69, 9.17) is 10.7 Å². The van der Waals surface area contributed by atoms with E-state index in [1.807, 2.05) is 0 Å². The SMILES string of the molecule is O=C1C=C(N=NC2=CC(=O)c3c(cccc3S(=O)(=O)Cl)C2=O)C(=O)c2ccccc21. The van der Waals surface area contributed by atoms with E-state index in [0.717, 1.165) is 18.2 Å². The monoisotopic (exact) mass is 440 g/mol. The molecule has 0 radical (unpaired) electrons. The van der Waals surface area contributed by atoms with Gasteiger partial charge in [-0.1, -0.05) is 36.4 Å². The summed E-state index contributed by atoms with van der Waals surface area (Å²) in [6.07, 6.45) is 1.80. The third kappa shape index (κ3) is 3.23. The Morgan fingerprint density at radius 3 is 1.83 bits per heavy atom. The van der Waals surface area contributed by atoms with Gasteiger partial charge in [-0.2, -0.15) is 0 Å². The van der Waals surface area contributed by atoms with Crippen molar-refractivity contribution in [2.45, 2.75) is 4.90 Å². The largest absolute Gasteiger partial charge is 0.289 e. The molecule has 8 nitrogen and oxygen atoms in total. The van der Waals surface area contributed by atoms with Crippen LogP contribution in [0.25, 0.3) is 0 Å². The molecule has 2 aromatic rings. The fourth-order valence-corrected chi connectivity index (χ4v) is 4.22. The number of allylic oxidation sites excluding steroid dienone is 4. The number of hydrogen-bond donors (Lipinski definition) is 0. The predicted molar refractivity (Wildman–Crippen MR) is 104 cm³/mol. The Balaban J connectivity index is 1.71.